The molecule has 1 aliphatic carbocycles. The third-order valence-electron chi connectivity index (χ3n) is 4.55. The lowest BCUT2D eigenvalue weighted by Gasteiger charge is -2.19. The van der Waals surface area contributed by atoms with Crippen LogP contribution in [0.15, 0.2) is 24.3 Å². The van der Waals surface area contributed by atoms with E-state index in [2.05, 4.69) is 9.97 Å². The van der Waals surface area contributed by atoms with Gasteiger partial charge in [0, 0.05) is 6.42 Å². The largest absolute Gasteiger partial charge is 0.323 e. The molecule has 1 saturated heterocycles. The zero-order chi connectivity index (χ0) is 13.7. The standard InChI is InChI=1S/C15H15N3O2/c19-12-9-15(7-3-4-8-15)13(20)18(12)14-16-10-5-1-2-6-11(10)17-14/h1-2,5-6H,3-4,7-9H2,(H,16,17). The van der Waals surface area contributed by atoms with Crippen LogP contribution in [0, 0.1) is 5.41 Å². The van der Waals surface area contributed by atoms with E-state index >= 15 is 0 Å². The number of nitrogens with one attached hydrogen (secondary N) is 1. The SMILES string of the molecule is O=C1CC2(CCCC2)C(=O)N1c1nc2ccccc2[nH]1. The smallest absolute Gasteiger partial charge is 0.242 e. The van der Waals surface area contributed by atoms with Crippen LogP contribution in [0.2, 0.25) is 0 Å². The highest BCUT2D eigenvalue weighted by atomic mass is 16.2. The van der Waals surface area contributed by atoms with Gasteiger partial charge in [-0.1, -0.05) is 25.0 Å². The Morgan fingerprint density at radius 3 is 2.65 bits per heavy atom. The molecule has 0 bridgehead atoms. The number of hydrogen-bond donors (Lipinski definition) is 1. The normalized spacial score (nSPS) is 21.5. The van der Waals surface area contributed by atoms with Crippen molar-refractivity contribution in [1.82, 2.24) is 9.97 Å². The van der Waals surface area contributed by atoms with Gasteiger partial charge < -0.3 is 4.98 Å². The number of para-hydroxylation sites is 2. The number of H-pyrrole nitrogens is 1. The van der Waals surface area contributed by atoms with Gasteiger partial charge in [-0.2, -0.15) is 0 Å². The van der Waals surface area contributed by atoms with Gasteiger partial charge in [-0.3, -0.25) is 9.59 Å². The summed E-state index contributed by atoms with van der Waals surface area (Å²) in [6.45, 7) is 0. The Bertz CT molecular complexity index is 680. The molecule has 1 N–H and O–H groups in total. The zero-order valence-electron chi connectivity index (χ0n) is 11.1. The molecule has 102 valence electrons. The molecule has 2 amide bonds. The van der Waals surface area contributed by atoms with Crippen molar-refractivity contribution in [3.8, 4) is 0 Å². The fourth-order valence-electron chi connectivity index (χ4n) is 3.50. The predicted octanol–water partition coefficient (Wildman–Crippen LogP) is 2.39. The van der Waals surface area contributed by atoms with Crippen molar-refractivity contribution >= 4 is 28.8 Å². The van der Waals surface area contributed by atoms with Gasteiger partial charge in [0.2, 0.25) is 17.8 Å². The first-order valence-corrected chi connectivity index (χ1v) is 7.02. The average Bonchev–Trinajstić information content (AvgIpc) is 3.10. The number of carbonyl (C=O) groups is 2. The number of carbonyl (C=O) groups excluding carboxylic acids is 2. The van der Waals surface area contributed by atoms with Gasteiger partial charge in [0.1, 0.15) is 0 Å². The molecule has 4 rings (SSSR count). The van der Waals surface area contributed by atoms with E-state index in [1.54, 1.807) is 0 Å². The van der Waals surface area contributed by atoms with Crippen molar-refractivity contribution in [3.63, 3.8) is 0 Å². The van der Waals surface area contributed by atoms with Crippen LogP contribution in [0.25, 0.3) is 11.0 Å². The van der Waals surface area contributed by atoms with E-state index in [0.29, 0.717) is 12.4 Å². The summed E-state index contributed by atoms with van der Waals surface area (Å²) in [4.78, 5) is 33.6. The third kappa shape index (κ3) is 1.46. The molecule has 1 aliphatic heterocycles. The molecule has 5 nitrogen and oxygen atoms in total. The first-order valence-electron chi connectivity index (χ1n) is 7.02. The molecule has 1 aromatic carbocycles. The van der Waals surface area contributed by atoms with Gasteiger partial charge in [0.05, 0.1) is 16.4 Å². The molecule has 1 saturated carbocycles. The van der Waals surface area contributed by atoms with Crippen LogP contribution in [-0.2, 0) is 9.59 Å². The van der Waals surface area contributed by atoms with Crippen molar-refractivity contribution in [3.05, 3.63) is 24.3 Å². The van der Waals surface area contributed by atoms with Crippen LogP contribution in [0.1, 0.15) is 32.1 Å². The Labute approximate surface area is 116 Å². The van der Waals surface area contributed by atoms with E-state index in [0.717, 1.165) is 36.7 Å². The first-order chi connectivity index (χ1) is 9.70. The van der Waals surface area contributed by atoms with E-state index in [1.807, 2.05) is 24.3 Å². The molecule has 0 unspecified atom stereocenters. The summed E-state index contributed by atoms with van der Waals surface area (Å²) in [7, 11) is 0. The number of aromatic nitrogens is 2. The number of nitrogens with zero attached hydrogens (tertiary/aromatic N) is 2. The minimum atomic E-state index is -0.448. The molecular weight excluding hydrogens is 254 g/mol. The van der Waals surface area contributed by atoms with Crippen LogP contribution in [0.5, 0.6) is 0 Å². The van der Waals surface area contributed by atoms with Crippen LogP contribution in [-0.4, -0.2) is 21.8 Å². The second-order valence-corrected chi connectivity index (χ2v) is 5.78. The number of hydrogen-bond acceptors (Lipinski definition) is 3. The fourth-order valence-corrected chi connectivity index (χ4v) is 3.50. The molecule has 20 heavy (non-hydrogen) atoms. The van der Waals surface area contributed by atoms with Gasteiger partial charge in [-0.15, -0.1) is 0 Å². The molecule has 2 fully saturated rings. The maximum Gasteiger partial charge on any atom is 0.242 e. The van der Waals surface area contributed by atoms with Crippen molar-refractivity contribution in [2.75, 3.05) is 4.90 Å². The van der Waals surface area contributed by atoms with Gasteiger partial charge >= 0.3 is 0 Å². The zero-order valence-corrected chi connectivity index (χ0v) is 11.1. The van der Waals surface area contributed by atoms with Crippen LogP contribution >= 0.6 is 0 Å². The highest BCUT2D eigenvalue weighted by Crippen LogP contribution is 2.47. The topological polar surface area (TPSA) is 66.1 Å². The number of imidazole rings is 1. The van der Waals surface area contributed by atoms with Crippen LogP contribution in [0.4, 0.5) is 5.95 Å². The summed E-state index contributed by atoms with van der Waals surface area (Å²) in [6, 6.07) is 7.54. The highest BCUT2D eigenvalue weighted by Gasteiger charge is 2.53. The van der Waals surface area contributed by atoms with Crippen molar-refractivity contribution in [2.45, 2.75) is 32.1 Å². The molecule has 2 aliphatic rings. The Balaban J connectivity index is 1.78. The third-order valence-corrected chi connectivity index (χ3v) is 4.55. The van der Waals surface area contributed by atoms with E-state index in [-0.39, 0.29) is 11.8 Å². The summed E-state index contributed by atoms with van der Waals surface area (Å²) in [5.74, 6) is 0.167. The van der Waals surface area contributed by atoms with E-state index < -0.39 is 5.41 Å². The Kier molecular flexibility index (Phi) is 2.28. The Morgan fingerprint density at radius 2 is 1.90 bits per heavy atom. The molecule has 2 heterocycles. The molecular formula is C15H15N3O2. The number of rotatable bonds is 1. The maximum atomic E-state index is 12.7. The molecule has 1 aromatic heterocycles. The second kappa shape index (κ2) is 3.91. The minimum Gasteiger partial charge on any atom is -0.323 e. The predicted molar refractivity (Wildman–Crippen MR) is 74.1 cm³/mol. The fraction of sp³-hybridized carbons (Fsp3) is 0.400. The molecule has 0 radical (unpaired) electrons. The van der Waals surface area contributed by atoms with Crippen molar-refractivity contribution < 1.29 is 9.59 Å². The van der Waals surface area contributed by atoms with E-state index in [1.165, 1.54) is 4.90 Å². The monoisotopic (exact) mass is 269 g/mol. The van der Waals surface area contributed by atoms with Crippen LogP contribution < -0.4 is 4.90 Å². The van der Waals surface area contributed by atoms with Crippen molar-refractivity contribution in [2.24, 2.45) is 5.41 Å². The number of amides is 2. The van der Waals surface area contributed by atoms with Gasteiger partial charge in [-0.25, -0.2) is 9.88 Å². The summed E-state index contributed by atoms with van der Waals surface area (Å²) in [5.41, 5.74) is 1.17. The summed E-state index contributed by atoms with van der Waals surface area (Å²) < 4.78 is 0. The van der Waals surface area contributed by atoms with E-state index in [4.69, 9.17) is 0 Å². The van der Waals surface area contributed by atoms with E-state index in [9.17, 15) is 9.59 Å². The number of imide groups is 1. The van der Waals surface area contributed by atoms with Gasteiger partial charge in [0.15, 0.2) is 0 Å². The number of aromatic amines is 1. The lowest BCUT2D eigenvalue weighted by Crippen LogP contribution is -2.35. The molecule has 1 spiro atoms. The summed E-state index contributed by atoms with van der Waals surface area (Å²) in [6.07, 6.45) is 4.06. The lowest BCUT2D eigenvalue weighted by molar-refractivity contribution is -0.125. The molecule has 5 heteroatoms. The number of fused-ring (bicyclic) bond motifs is 1. The average molecular weight is 269 g/mol. The molecule has 0 atom stereocenters. The second-order valence-electron chi connectivity index (χ2n) is 5.78. The maximum absolute atomic E-state index is 12.7. The Hall–Kier alpha value is -2.17. The quantitative estimate of drug-likeness (QED) is 0.808. The highest BCUT2D eigenvalue weighted by molar-refractivity contribution is 6.22. The lowest BCUT2D eigenvalue weighted by atomic mass is 9.85. The van der Waals surface area contributed by atoms with Gasteiger partial charge in [0.25, 0.3) is 0 Å². The number of benzene rings is 1. The van der Waals surface area contributed by atoms with Crippen LogP contribution in [0.3, 0.4) is 0 Å². The minimum absolute atomic E-state index is 0.0703. The van der Waals surface area contributed by atoms with Gasteiger partial charge in [-0.05, 0) is 25.0 Å². The first kappa shape index (κ1) is 11.6. The van der Waals surface area contributed by atoms with Crippen molar-refractivity contribution in [1.29, 1.82) is 0 Å². The summed E-state index contributed by atoms with van der Waals surface area (Å²) >= 11 is 0. The summed E-state index contributed by atoms with van der Waals surface area (Å²) in [5, 5.41) is 0. The molecule has 2 aromatic rings. The number of anilines is 1. The Morgan fingerprint density at radius 1 is 1.15 bits per heavy atom.